The number of hydrogen-bond acceptors (Lipinski definition) is 4. The quantitative estimate of drug-likeness (QED) is 0.622. The monoisotopic (exact) mass is 232 g/mol. The molecule has 15 heavy (non-hydrogen) atoms. The average molecular weight is 232 g/mol. The van der Waals surface area contributed by atoms with Crippen LogP contribution in [-0.2, 0) is 14.4 Å². The summed E-state index contributed by atoms with van der Waals surface area (Å²) in [5, 5.41) is 2.41. The van der Waals surface area contributed by atoms with Gasteiger partial charge in [-0.15, -0.1) is 0 Å². The second-order valence-corrected chi connectivity index (χ2v) is 4.33. The van der Waals surface area contributed by atoms with Crippen LogP contribution < -0.4 is 11.1 Å². The van der Waals surface area contributed by atoms with Crippen molar-refractivity contribution in [1.29, 1.82) is 0 Å². The number of rotatable bonds is 7. The lowest BCUT2D eigenvalue weighted by Crippen LogP contribution is -2.37. The first-order valence-corrected chi connectivity index (χ1v) is 5.72. The third-order valence-electron chi connectivity index (χ3n) is 1.56. The van der Waals surface area contributed by atoms with Crippen molar-refractivity contribution in [2.24, 2.45) is 11.7 Å². The van der Waals surface area contributed by atoms with E-state index in [1.807, 2.05) is 0 Å². The van der Waals surface area contributed by atoms with E-state index >= 15 is 0 Å². The van der Waals surface area contributed by atoms with Crippen LogP contribution >= 0.6 is 11.8 Å². The molecule has 1 atom stereocenters. The highest BCUT2D eigenvalue weighted by atomic mass is 32.2. The summed E-state index contributed by atoms with van der Waals surface area (Å²) in [6.45, 7) is 3.11. The van der Waals surface area contributed by atoms with Gasteiger partial charge in [0.05, 0.1) is 12.3 Å². The topological polar surface area (TPSA) is 89.3 Å². The Kier molecular flexibility index (Phi) is 6.77. The van der Waals surface area contributed by atoms with Crippen LogP contribution in [0.3, 0.4) is 0 Å². The molecule has 0 aliphatic rings. The van der Waals surface area contributed by atoms with Gasteiger partial charge in [0.15, 0.2) is 0 Å². The van der Waals surface area contributed by atoms with Crippen LogP contribution in [0, 0.1) is 5.92 Å². The smallest absolute Gasteiger partial charge is 0.236 e. The Balaban J connectivity index is 3.69. The zero-order valence-electron chi connectivity index (χ0n) is 8.91. The lowest BCUT2D eigenvalue weighted by molar-refractivity contribution is -0.126. The van der Waals surface area contributed by atoms with Gasteiger partial charge in [-0.05, 0) is 6.92 Å². The maximum absolute atomic E-state index is 11.3. The molecule has 6 heteroatoms. The van der Waals surface area contributed by atoms with Crippen LogP contribution in [0.5, 0.6) is 0 Å². The fraction of sp³-hybridized carbons (Fsp3) is 0.667. The van der Waals surface area contributed by atoms with E-state index in [0.717, 1.165) is 0 Å². The molecule has 3 N–H and O–H groups in total. The first-order valence-electron chi connectivity index (χ1n) is 4.56. The second kappa shape index (κ2) is 7.28. The number of Topliss-reactive ketones (excluding diaryl/α,β-unsaturated/α-hetero) is 1. The second-order valence-electron chi connectivity index (χ2n) is 3.30. The van der Waals surface area contributed by atoms with Crippen molar-refractivity contribution in [1.82, 2.24) is 5.32 Å². The molecule has 0 unspecified atom stereocenters. The SMILES string of the molecule is CC(=O)CSC[C@H](C)C(=O)NCC(N)=O. The Morgan fingerprint density at radius 2 is 2.00 bits per heavy atom. The minimum absolute atomic E-state index is 0.0877. The molecule has 0 spiro atoms. The average Bonchev–Trinajstić information content (AvgIpc) is 2.13. The Bertz CT molecular complexity index is 256. The van der Waals surface area contributed by atoms with Gasteiger partial charge >= 0.3 is 0 Å². The molecular formula is C9H16N2O3S. The van der Waals surface area contributed by atoms with E-state index in [2.05, 4.69) is 5.32 Å². The molecule has 5 nitrogen and oxygen atoms in total. The van der Waals surface area contributed by atoms with Gasteiger partial charge in [-0.1, -0.05) is 6.92 Å². The number of nitrogens with two attached hydrogens (primary N) is 1. The fourth-order valence-electron chi connectivity index (χ4n) is 0.804. The maximum Gasteiger partial charge on any atom is 0.236 e. The van der Waals surface area contributed by atoms with Crippen LogP contribution in [0.4, 0.5) is 0 Å². The highest BCUT2D eigenvalue weighted by Gasteiger charge is 2.13. The van der Waals surface area contributed by atoms with Gasteiger partial charge in [0.1, 0.15) is 5.78 Å². The molecule has 0 aromatic rings. The van der Waals surface area contributed by atoms with Gasteiger partial charge in [-0.3, -0.25) is 14.4 Å². The maximum atomic E-state index is 11.3. The van der Waals surface area contributed by atoms with Crippen molar-refractivity contribution in [3.8, 4) is 0 Å². The van der Waals surface area contributed by atoms with E-state index in [9.17, 15) is 14.4 Å². The van der Waals surface area contributed by atoms with Crippen LogP contribution in [0.1, 0.15) is 13.8 Å². The Hall–Kier alpha value is -1.04. The Morgan fingerprint density at radius 3 is 2.47 bits per heavy atom. The summed E-state index contributed by atoms with van der Waals surface area (Å²) < 4.78 is 0. The Labute approximate surface area is 93.2 Å². The van der Waals surface area contributed by atoms with Crippen molar-refractivity contribution in [3.05, 3.63) is 0 Å². The molecule has 0 radical (unpaired) electrons. The number of nitrogens with one attached hydrogen (secondary N) is 1. The van der Waals surface area contributed by atoms with Gasteiger partial charge in [0, 0.05) is 11.7 Å². The summed E-state index contributed by atoms with van der Waals surface area (Å²) in [6, 6.07) is 0. The van der Waals surface area contributed by atoms with Crippen LogP contribution in [-0.4, -0.2) is 35.6 Å². The summed E-state index contributed by atoms with van der Waals surface area (Å²) in [4.78, 5) is 32.3. The zero-order chi connectivity index (χ0) is 11.8. The first kappa shape index (κ1) is 14.0. The summed E-state index contributed by atoms with van der Waals surface area (Å²) >= 11 is 1.41. The zero-order valence-corrected chi connectivity index (χ0v) is 9.73. The molecule has 0 heterocycles. The van der Waals surface area contributed by atoms with E-state index in [-0.39, 0.29) is 24.2 Å². The summed E-state index contributed by atoms with van der Waals surface area (Å²) in [5.74, 6) is 0.0488. The van der Waals surface area contributed by atoms with E-state index in [0.29, 0.717) is 11.5 Å². The number of thioether (sulfide) groups is 1. The minimum Gasteiger partial charge on any atom is -0.368 e. The van der Waals surface area contributed by atoms with Crippen molar-refractivity contribution < 1.29 is 14.4 Å². The lowest BCUT2D eigenvalue weighted by Gasteiger charge is -2.09. The van der Waals surface area contributed by atoms with Crippen molar-refractivity contribution in [2.45, 2.75) is 13.8 Å². The third kappa shape index (κ3) is 7.99. The minimum atomic E-state index is -0.563. The van der Waals surface area contributed by atoms with E-state index < -0.39 is 5.91 Å². The molecule has 86 valence electrons. The molecule has 0 fully saturated rings. The molecule has 0 aliphatic carbocycles. The van der Waals surface area contributed by atoms with Gasteiger partial charge in [0.25, 0.3) is 0 Å². The molecule has 0 saturated carbocycles. The summed E-state index contributed by atoms with van der Waals surface area (Å²) in [5.41, 5.74) is 4.88. The molecule has 2 amide bonds. The third-order valence-corrected chi connectivity index (χ3v) is 2.90. The number of primary amides is 1. The van der Waals surface area contributed by atoms with Gasteiger partial charge in [-0.2, -0.15) is 11.8 Å². The highest BCUT2D eigenvalue weighted by molar-refractivity contribution is 7.99. The predicted octanol–water partition coefficient (Wildman–Crippen LogP) is -0.454. The molecule has 0 saturated heterocycles. The van der Waals surface area contributed by atoms with Crippen LogP contribution in [0.15, 0.2) is 0 Å². The van der Waals surface area contributed by atoms with E-state index in [1.54, 1.807) is 6.92 Å². The van der Waals surface area contributed by atoms with E-state index in [4.69, 9.17) is 5.73 Å². The Morgan fingerprint density at radius 1 is 1.40 bits per heavy atom. The van der Waals surface area contributed by atoms with Crippen LogP contribution in [0.25, 0.3) is 0 Å². The van der Waals surface area contributed by atoms with Crippen molar-refractivity contribution in [3.63, 3.8) is 0 Å². The largest absolute Gasteiger partial charge is 0.368 e. The van der Waals surface area contributed by atoms with E-state index in [1.165, 1.54) is 18.7 Å². The van der Waals surface area contributed by atoms with Crippen molar-refractivity contribution >= 4 is 29.4 Å². The lowest BCUT2D eigenvalue weighted by atomic mass is 10.2. The molecule has 0 bridgehead atoms. The summed E-state index contributed by atoms with van der Waals surface area (Å²) in [6.07, 6.45) is 0. The number of hydrogen-bond donors (Lipinski definition) is 2. The predicted molar refractivity (Wildman–Crippen MR) is 59.4 cm³/mol. The molecular weight excluding hydrogens is 216 g/mol. The number of ketones is 1. The number of carbonyl (C=O) groups excluding carboxylic acids is 3. The summed E-state index contributed by atoms with van der Waals surface area (Å²) in [7, 11) is 0. The molecule has 0 aliphatic heterocycles. The number of carbonyl (C=O) groups is 3. The normalized spacial score (nSPS) is 11.9. The molecule has 0 aromatic heterocycles. The van der Waals surface area contributed by atoms with Crippen molar-refractivity contribution in [2.75, 3.05) is 18.1 Å². The first-order chi connectivity index (χ1) is 6.93. The standard InChI is InChI=1S/C9H16N2O3S/c1-6(4-15-5-7(2)12)9(14)11-3-8(10)13/h6H,3-5H2,1-2H3,(H2,10,13)(H,11,14)/t6-/m0/s1. The van der Waals surface area contributed by atoms with Gasteiger partial charge < -0.3 is 11.1 Å². The van der Waals surface area contributed by atoms with Gasteiger partial charge in [0.2, 0.25) is 11.8 Å². The van der Waals surface area contributed by atoms with Gasteiger partial charge in [-0.25, -0.2) is 0 Å². The molecule has 0 rings (SSSR count). The fourth-order valence-corrected chi connectivity index (χ4v) is 1.71. The highest BCUT2D eigenvalue weighted by Crippen LogP contribution is 2.08. The number of amides is 2. The molecule has 0 aromatic carbocycles. The van der Waals surface area contributed by atoms with Crippen LogP contribution in [0.2, 0.25) is 0 Å².